The maximum atomic E-state index is 12.1. The number of carbonyl (C=O) groups is 2. The van der Waals surface area contributed by atoms with Crippen LogP contribution in [0.25, 0.3) is 11.3 Å². The summed E-state index contributed by atoms with van der Waals surface area (Å²) in [7, 11) is 0. The average molecular weight is 282 g/mol. The van der Waals surface area contributed by atoms with Crippen LogP contribution in [-0.2, 0) is 6.54 Å². The first-order chi connectivity index (χ1) is 10.3. The molecule has 0 saturated heterocycles. The molecule has 0 saturated carbocycles. The first kappa shape index (κ1) is 12.9. The van der Waals surface area contributed by atoms with Gasteiger partial charge in [-0.2, -0.15) is 5.10 Å². The van der Waals surface area contributed by atoms with Gasteiger partial charge in [-0.1, -0.05) is 30.3 Å². The fraction of sp³-hybridized carbons (Fsp3) is 0.0769. The number of aldehydes is 1. The summed E-state index contributed by atoms with van der Waals surface area (Å²) in [5.41, 5.74) is 1.59. The first-order valence-corrected chi connectivity index (χ1v) is 6.12. The van der Waals surface area contributed by atoms with Gasteiger partial charge in [0.15, 0.2) is 6.29 Å². The Morgan fingerprint density at radius 3 is 2.71 bits per heavy atom. The predicted octanol–water partition coefficient (Wildman–Crippen LogP) is 0.689. The van der Waals surface area contributed by atoms with Gasteiger partial charge in [0.25, 0.3) is 5.91 Å². The monoisotopic (exact) mass is 282 g/mol. The molecule has 0 aliphatic heterocycles. The van der Waals surface area contributed by atoms with Crippen LogP contribution in [0.5, 0.6) is 0 Å². The number of hydrogen-bond donors (Lipinski definition) is 0. The smallest absolute Gasteiger partial charge is 0.268 e. The minimum absolute atomic E-state index is 0.0544. The molecule has 0 spiro atoms. The highest BCUT2D eigenvalue weighted by Crippen LogP contribution is 2.20. The third-order valence-electron chi connectivity index (χ3n) is 2.86. The van der Waals surface area contributed by atoms with Gasteiger partial charge >= 0.3 is 0 Å². The molecule has 3 rings (SSSR count). The maximum Gasteiger partial charge on any atom is 0.268 e. The molecule has 0 aliphatic carbocycles. The van der Waals surface area contributed by atoms with Crippen LogP contribution in [0.4, 0.5) is 0 Å². The summed E-state index contributed by atoms with van der Waals surface area (Å²) in [4.78, 5) is 23.2. The second-order valence-corrected chi connectivity index (χ2v) is 4.26. The third kappa shape index (κ3) is 2.59. The van der Waals surface area contributed by atoms with Gasteiger partial charge in [0.1, 0.15) is 18.6 Å². The molecule has 0 bridgehead atoms. The van der Waals surface area contributed by atoms with Gasteiger partial charge in [0.05, 0.1) is 5.56 Å². The highest BCUT2D eigenvalue weighted by atomic mass is 16.2. The Balaban J connectivity index is 1.92. The lowest BCUT2D eigenvalue weighted by atomic mass is 10.1. The van der Waals surface area contributed by atoms with E-state index in [1.165, 1.54) is 17.2 Å². The largest absolute Gasteiger partial charge is 0.298 e. The van der Waals surface area contributed by atoms with Crippen LogP contribution in [0.2, 0.25) is 0 Å². The minimum Gasteiger partial charge on any atom is -0.298 e. The summed E-state index contributed by atoms with van der Waals surface area (Å²) in [6.45, 7) is -0.0544. The molecule has 21 heavy (non-hydrogen) atoms. The van der Waals surface area contributed by atoms with E-state index in [4.69, 9.17) is 0 Å². The molecule has 0 radical (unpaired) electrons. The first-order valence-electron chi connectivity index (χ1n) is 6.12. The number of aromatic nitrogens is 6. The van der Waals surface area contributed by atoms with E-state index in [-0.39, 0.29) is 12.5 Å². The van der Waals surface area contributed by atoms with Gasteiger partial charge in [0, 0.05) is 11.8 Å². The zero-order valence-electron chi connectivity index (χ0n) is 10.8. The fourth-order valence-electron chi connectivity index (χ4n) is 1.89. The maximum absolute atomic E-state index is 12.1. The van der Waals surface area contributed by atoms with Crippen molar-refractivity contribution in [3.8, 4) is 11.3 Å². The molecule has 1 aromatic carbocycles. The van der Waals surface area contributed by atoms with Crippen molar-refractivity contribution >= 4 is 12.2 Å². The summed E-state index contributed by atoms with van der Waals surface area (Å²) >= 11 is 0. The molecule has 0 aliphatic rings. The SMILES string of the molecule is O=Cc1cn(C(=O)Cn2cnnn2)nc1-c1ccccc1. The summed E-state index contributed by atoms with van der Waals surface area (Å²) < 4.78 is 2.42. The molecule has 8 nitrogen and oxygen atoms in total. The summed E-state index contributed by atoms with van der Waals surface area (Å²) in [6, 6.07) is 9.19. The van der Waals surface area contributed by atoms with E-state index < -0.39 is 0 Å². The van der Waals surface area contributed by atoms with Gasteiger partial charge in [-0.3, -0.25) is 9.59 Å². The topological polar surface area (TPSA) is 95.6 Å². The van der Waals surface area contributed by atoms with E-state index in [9.17, 15) is 9.59 Å². The number of carbonyl (C=O) groups excluding carboxylic acids is 2. The molecule has 104 valence electrons. The quantitative estimate of drug-likeness (QED) is 0.653. The Morgan fingerprint density at radius 2 is 2.05 bits per heavy atom. The molecule has 0 N–H and O–H groups in total. The lowest BCUT2D eigenvalue weighted by molar-refractivity contribution is 0.0870. The molecule has 0 unspecified atom stereocenters. The molecule has 2 heterocycles. The van der Waals surface area contributed by atoms with Crippen LogP contribution >= 0.6 is 0 Å². The van der Waals surface area contributed by atoms with E-state index >= 15 is 0 Å². The van der Waals surface area contributed by atoms with Crippen LogP contribution in [0.1, 0.15) is 15.2 Å². The molecule has 3 aromatic rings. The minimum atomic E-state index is -0.340. The van der Waals surface area contributed by atoms with Crippen LogP contribution < -0.4 is 0 Å². The van der Waals surface area contributed by atoms with Gasteiger partial charge in [-0.15, -0.1) is 5.10 Å². The zero-order chi connectivity index (χ0) is 14.7. The fourth-order valence-corrected chi connectivity index (χ4v) is 1.89. The molecule has 0 amide bonds. The Kier molecular flexibility index (Phi) is 3.34. The number of rotatable bonds is 4. The summed E-state index contributed by atoms with van der Waals surface area (Å²) in [5, 5.41) is 14.7. The highest BCUT2D eigenvalue weighted by molar-refractivity contribution is 5.88. The standard InChI is InChI=1S/C13H10N6O2/c20-8-11-6-19(12(21)7-18-9-14-16-17-18)15-13(11)10-4-2-1-3-5-10/h1-6,8-9H,7H2. The van der Waals surface area contributed by atoms with Crippen LogP contribution in [0, 0.1) is 0 Å². The summed E-state index contributed by atoms with van der Waals surface area (Å²) in [5.74, 6) is -0.340. The van der Waals surface area contributed by atoms with Crippen LogP contribution in [0.3, 0.4) is 0 Å². The van der Waals surface area contributed by atoms with Crippen molar-refractivity contribution in [3.05, 3.63) is 48.4 Å². The van der Waals surface area contributed by atoms with E-state index in [0.717, 1.165) is 10.2 Å². The average Bonchev–Trinajstić information content (AvgIpc) is 3.17. The number of nitrogens with zero attached hydrogens (tertiary/aromatic N) is 6. The Bertz CT molecular complexity index is 763. The van der Waals surface area contributed by atoms with Crippen molar-refractivity contribution < 1.29 is 9.59 Å². The summed E-state index contributed by atoms with van der Waals surface area (Å²) in [6.07, 6.45) is 3.41. The van der Waals surface area contributed by atoms with E-state index in [0.29, 0.717) is 17.5 Å². The van der Waals surface area contributed by atoms with E-state index in [1.807, 2.05) is 30.3 Å². The van der Waals surface area contributed by atoms with E-state index in [2.05, 4.69) is 20.6 Å². The number of tetrazole rings is 1. The number of hydrogen-bond acceptors (Lipinski definition) is 6. The number of benzene rings is 1. The second kappa shape index (κ2) is 5.45. The van der Waals surface area contributed by atoms with Gasteiger partial charge in [0.2, 0.25) is 0 Å². The lowest BCUT2D eigenvalue weighted by Gasteiger charge is -1.99. The Labute approximate surface area is 119 Å². The molecular weight excluding hydrogens is 272 g/mol. The second-order valence-electron chi connectivity index (χ2n) is 4.26. The molecular formula is C13H10N6O2. The molecule has 0 fully saturated rings. The van der Waals surface area contributed by atoms with Crippen molar-refractivity contribution in [1.82, 2.24) is 30.0 Å². The Morgan fingerprint density at radius 1 is 1.24 bits per heavy atom. The zero-order valence-corrected chi connectivity index (χ0v) is 10.8. The van der Waals surface area contributed by atoms with Crippen molar-refractivity contribution in [1.29, 1.82) is 0 Å². The lowest BCUT2D eigenvalue weighted by Crippen LogP contribution is -2.18. The normalized spacial score (nSPS) is 10.5. The Hall–Kier alpha value is -3.16. The van der Waals surface area contributed by atoms with Crippen LogP contribution in [0.15, 0.2) is 42.9 Å². The highest BCUT2D eigenvalue weighted by Gasteiger charge is 2.15. The molecule has 0 atom stereocenters. The third-order valence-corrected chi connectivity index (χ3v) is 2.86. The molecule has 8 heteroatoms. The predicted molar refractivity (Wildman–Crippen MR) is 71.5 cm³/mol. The van der Waals surface area contributed by atoms with Gasteiger partial charge < -0.3 is 0 Å². The van der Waals surface area contributed by atoms with Gasteiger partial charge in [-0.05, 0) is 10.4 Å². The van der Waals surface area contributed by atoms with E-state index in [1.54, 1.807) is 0 Å². The van der Waals surface area contributed by atoms with Crippen molar-refractivity contribution in [2.75, 3.05) is 0 Å². The van der Waals surface area contributed by atoms with Crippen molar-refractivity contribution in [2.45, 2.75) is 6.54 Å². The van der Waals surface area contributed by atoms with Crippen molar-refractivity contribution in [2.24, 2.45) is 0 Å². The van der Waals surface area contributed by atoms with Crippen molar-refractivity contribution in [3.63, 3.8) is 0 Å². The van der Waals surface area contributed by atoms with Gasteiger partial charge in [-0.25, -0.2) is 9.36 Å². The van der Waals surface area contributed by atoms with Crippen LogP contribution in [-0.4, -0.2) is 42.2 Å². The molecule has 2 aromatic heterocycles.